The van der Waals surface area contributed by atoms with Crippen LogP contribution in [0.4, 0.5) is 0 Å². The second kappa shape index (κ2) is 2.28. The predicted octanol–water partition coefficient (Wildman–Crippen LogP) is 0.460. The number of rotatable bonds is 1. The van der Waals surface area contributed by atoms with Crippen molar-refractivity contribution in [1.29, 1.82) is 0 Å². The molecule has 7 heavy (non-hydrogen) atoms. The summed E-state index contributed by atoms with van der Waals surface area (Å²) in [4.78, 5) is 0. The number of ether oxygens (including phenoxy) is 2. The van der Waals surface area contributed by atoms with E-state index in [9.17, 15) is 0 Å². The van der Waals surface area contributed by atoms with Gasteiger partial charge < -0.3 is 9.47 Å². The molecule has 0 unspecified atom stereocenters. The fraction of sp³-hybridized carbons (Fsp3) is 0.800. The van der Waals surface area contributed by atoms with Gasteiger partial charge in [0.1, 0.15) is 0 Å². The molecule has 0 aromatic carbocycles. The summed E-state index contributed by atoms with van der Waals surface area (Å²) in [6, 6.07) is 0. The molecule has 0 N–H and O–H groups in total. The summed E-state index contributed by atoms with van der Waals surface area (Å²) in [6.45, 7) is 6.58. The summed E-state index contributed by atoms with van der Waals surface area (Å²) in [5, 5.41) is 0. The zero-order valence-electron chi connectivity index (χ0n) is 4.09. The maximum atomic E-state index is 5.18. The monoisotopic (exact) mass is 100 g/mol. The van der Waals surface area contributed by atoms with E-state index >= 15 is 0 Å². The predicted molar refractivity (Wildman–Crippen MR) is 24.6 cm³/mol. The highest BCUT2D eigenvalue weighted by Crippen LogP contribution is 2.05. The lowest BCUT2D eigenvalue weighted by atomic mass is 10.5. The Kier molecular flexibility index (Phi) is 1.65. The molecule has 1 aliphatic rings. The van der Waals surface area contributed by atoms with Crippen LogP contribution in [0.5, 0.6) is 0 Å². The van der Waals surface area contributed by atoms with Crippen LogP contribution in [0.25, 0.3) is 0 Å². The van der Waals surface area contributed by atoms with Crippen LogP contribution in [0.3, 0.4) is 0 Å². The third-order valence-corrected chi connectivity index (χ3v) is 0.883. The maximum Gasteiger partial charge on any atom is 0.158 e. The van der Waals surface area contributed by atoms with Crippen LogP contribution in [0.1, 0.15) is 6.42 Å². The van der Waals surface area contributed by atoms with E-state index in [1.807, 2.05) is 0 Å². The molecule has 0 amide bonds. The van der Waals surface area contributed by atoms with E-state index < -0.39 is 0 Å². The third-order valence-electron chi connectivity index (χ3n) is 0.883. The Morgan fingerprint density at radius 1 is 1.43 bits per heavy atom. The molecule has 0 atom stereocenters. The van der Waals surface area contributed by atoms with Crippen molar-refractivity contribution in [2.75, 3.05) is 13.2 Å². The SMILES string of the molecule is [CH]CC1OCCO1. The molecule has 1 fully saturated rings. The van der Waals surface area contributed by atoms with Crippen LogP contribution in [-0.2, 0) is 9.47 Å². The van der Waals surface area contributed by atoms with Crippen molar-refractivity contribution in [3.8, 4) is 0 Å². The van der Waals surface area contributed by atoms with Gasteiger partial charge in [-0.1, -0.05) is 0 Å². The molecule has 40 valence electrons. The maximum absolute atomic E-state index is 5.18. The zero-order chi connectivity index (χ0) is 5.11. The van der Waals surface area contributed by atoms with E-state index in [4.69, 9.17) is 16.4 Å². The van der Waals surface area contributed by atoms with Gasteiger partial charge in [0.15, 0.2) is 6.29 Å². The van der Waals surface area contributed by atoms with Gasteiger partial charge in [0, 0.05) is 6.42 Å². The smallest absolute Gasteiger partial charge is 0.158 e. The first kappa shape index (κ1) is 5.06. The summed E-state index contributed by atoms with van der Waals surface area (Å²) in [7, 11) is 0. The van der Waals surface area contributed by atoms with Crippen LogP contribution in [0.15, 0.2) is 0 Å². The second-order valence-electron chi connectivity index (χ2n) is 1.41. The molecule has 1 aliphatic heterocycles. The van der Waals surface area contributed by atoms with Gasteiger partial charge in [0.25, 0.3) is 0 Å². The Morgan fingerprint density at radius 2 is 2.00 bits per heavy atom. The molecule has 0 aliphatic carbocycles. The Hall–Kier alpha value is -0.0800. The summed E-state index contributed by atoms with van der Waals surface area (Å²) in [6.07, 6.45) is 0.347. The van der Waals surface area contributed by atoms with Crippen LogP contribution in [0, 0.1) is 6.92 Å². The molecule has 1 saturated heterocycles. The summed E-state index contributed by atoms with van der Waals surface area (Å²) >= 11 is 0. The Bertz CT molecular complexity index is 48.0. The van der Waals surface area contributed by atoms with Crippen molar-refractivity contribution < 1.29 is 9.47 Å². The quantitative estimate of drug-likeness (QED) is 0.476. The van der Waals surface area contributed by atoms with Gasteiger partial charge in [-0.25, -0.2) is 0 Å². The highest BCUT2D eigenvalue weighted by Gasteiger charge is 2.11. The first-order valence-corrected chi connectivity index (χ1v) is 2.37. The number of hydrogen-bond acceptors (Lipinski definition) is 2. The normalized spacial score (nSPS) is 23.6. The lowest BCUT2D eigenvalue weighted by molar-refractivity contribution is -0.0385. The van der Waals surface area contributed by atoms with E-state index in [1.165, 1.54) is 0 Å². The van der Waals surface area contributed by atoms with Crippen molar-refractivity contribution in [1.82, 2.24) is 0 Å². The van der Waals surface area contributed by atoms with Crippen LogP contribution < -0.4 is 0 Å². The summed E-state index contributed by atoms with van der Waals surface area (Å²) < 4.78 is 9.91. The topological polar surface area (TPSA) is 18.5 Å². The standard InChI is InChI=1S/C5H8O2/c1-2-5-6-3-4-7-5/h1,5H,2-4H2. The minimum atomic E-state index is -0.125. The summed E-state index contributed by atoms with van der Waals surface area (Å²) in [5.41, 5.74) is 0. The molecule has 0 spiro atoms. The molecule has 0 aromatic heterocycles. The van der Waals surface area contributed by atoms with Gasteiger partial charge in [-0.3, -0.25) is 0 Å². The molecule has 1 rings (SSSR count). The molecule has 2 heteroatoms. The second-order valence-corrected chi connectivity index (χ2v) is 1.41. The zero-order valence-corrected chi connectivity index (χ0v) is 4.09. The minimum Gasteiger partial charge on any atom is -0.350 e. The number of hydrogen-bond donors (Lipinski definition) is 0. The molecule has 2 nitrogen and oxygen atoms in total. The van der Waals surface area contributed by atoms with Crippen molar-refractivity contribution in [3.05, 3.63) is 6.92 Å². The van der Waals surface area contributed by atoms with Crippen molar-refractivity contribution in [2.45, 2.75) is 12.7 Å². The van der Waals surface area contributed by atoms with Gasteiger partial charge >= 0.3 is 0 Å². The van der Waals surface area contributed by atoms with Gasteiger partial charge in [0.05, 0.1) is 13.2 Å². The molecule has 1 heterocycles. The van der Waals surface area contributed by atoms with E-state index in [1.54, 1.807) is 0 Å². The fourth-order valence-corrected chi connectivity index (χ4v) is 0.543. The molecule has 0 aromatic rings. The lowest BCUT2D eigenvalue weighted by Gasteiger charge is -2.01. The van der Waals surface area contributed by atoms with Crippen LogP contribution in [0.2, 0.25) is 0 Å². The van der Waals surface area contributed by atoms with Crippen LogP contribution in [-0.4, -0.2) is 19.5 Å². The average molecular weight is 100 g/mol. The third kappa shape index (κ3) is 1.14. The van der Waals surface area contributed by atoms with Crippen molar-refractivity contribution in [2.24, 2.45) is 0 Å². The molecule has 0 bridgehead atoms. The van der Waals surface area contributed by atoms with E-state index in [-0.39, 0.29) is 6.29 Å². The van der Waals surface area contributed by atoms with Gasteiger partial charge in [-0.2, -0.15) is 0 Å². The summed E-state index contributed by atoms with van der Waals surface area (Å²) in [5.74, 6) is 0. The molecule has 0 saturated carbocycles. The van der Waals surface area contributed by atoms with Crippen LogP contribution >= 0.6 is 0 Å². The lowest BCUT2D eigenvalue weighted by Crippen LogP contribution is -2.03. The van der Waals surface area contributed by atoms with Crippen molar-refractivity contribution in [3.63, 3.8) is 0 Å². The Labute approximate surface area is 43.4 Å². The Morgan fingerprint density at radius 3 is 2.29 bits per heavy atom. The fourth-order valence-electron chi connectivity index (χ4n) is 0.543. The highest BCUT2D eigenvalue weighted by atomic mass is 16.7. The molecule has 2 radical (unpaired) electrons. The van der Waals surface area contributed by atoms with E-state index in [0.29, 0.717) is 19.6 Å². The Balaban J connectivity index is 2.14. The average Bonchev–Trinajstić information content (AvgIpc) is 2.14. The van der Waals surface area contributed by atoms with E-state index in [0.717, 1.165) is 0 Å². The first-order chi connectivity index (χ1) is 3.43. The largest absolute Gasteiger partial charge is 0.350 e. The van der Waals surface area contributed by atoms with Gasteiger partial charge in [-0.15, -0.1) is 0 Å². The van der Waals surface area contributed by atoms with E-state index in [2.05, 4.69) is 0 Å². The minimum absolute atomic E-state index is 0.125. The van der Waals surface area contributed by atoms with Gasteiger partial charge in [0.2, 0.25) is 0 Å². The molecular formula is C5H8O2. The first-order valence-electron chi connectivity index (χ1n) is 2.37. The molecular weight excluding hydrogens is 92.1 g/mol. The van der Waals surface area contributed by atoms with Gasteiger partial charge in [-0.05, 0) is 6.92 Å². The highest BCUT2D eigenvalue weighted by molar-refractivity contribution is 4.51. The van der Waals surface area contributed by atoms with Crippen molar-refractivity contribution >= 4 is 0 Å².